The van der Waals surface area contributed by atoms with Gasteiger partial charge >= 0.3 is 0 Å². The summed E-state index contributed by atoms with van der Waals surface area (Å²) in [4.78, 5) is 16.2. The topological polar surface area (TPSA) is 77.2 Å². The molecule has 0 spiro atoms. The standard InChI is InChI=1S/C15H17N3O2S/c16-12-6-10(7-12)9-18-14(19)11-2-1-3-13(8-11)20-15-17-4-5-21-15/h1-5,8,10,12H,6-7,9,16H2,(H,18,19). The SMILES string of the molecule is NC1CC(CNC(=O)c2cccc(Oc3nccs3)c2)C1. The van der Waals surface area contributed by atoms with Crippen molar-refractivity contribution in [1.82, 2.24) is 10.3 Å². The fourth-order valence-electron chi connectivity index (χ4n) is 2.36. The van der Waals surface area contributed by atoms with Crippen LogP contribution in [0, 0.1) is 5.92 Å². The molecule has 1 aliphatic carbocycles. The highest BCUT2D eigenvalue weighted by Crippen LogP contribution is 2.25. The van der Waals surface area contributed by atoms with Gasteiger partial charge in [0.15, 0.2) is 0 Å². The molecule has 1 saturated carbocycles. The Bertz CT molecular complexity index is 609. The lowest BCUT2D eigenvalue weighted by atomic mass is 9.81. The predicted molar refractivity (Wildman–Crippen MR) is 81.7 cm³/mol. The Morgan fingerprint density at radius 1 is 1.48 bits per heavy atom. The minimum absolute atomic E-state index is 0.0833. The Labute approximate surface area is 127 Å². The number of hydrogen-bond acceptors (Lipinski definition) is 5. The summed E-state index contributed by atoms with van der Waals surface area (Å²) in [5.41, 5.74) is 6.33. The zero-order valence-electron chi connectivity index (χ0n) is 11.5. The molecule has 0 atom stereocenters. The van der Waals surface area contributed by atoms with Crippen LogP contribution in [0.2, 0.25) is 0 Å². The van der Waals surface area contributed by atoms with Gasteiger partial charge in [-0.1, -0.05) is 17.4 Å². The first kappa shape index (κ1) is 14.0. The van der Waals surface area contributed by atoms with Crippen LogP contribution in [0.4, 0.5) is 0 Å². The highest BCUT2D eigenvalue weighted by atomic mass is 32.1. The van der Waals surface area contributed by atoms with Crippen LogP contribution >= 0.6 is 11.3 Å². The molecular formula is C15H17N3O2S. The van der Waals surface area contributed by atoms with Crippen LogP contribution in [0.5, 0.6) is 10.9 Å². The highest BCUT2D eigenvalue weighted by Gasteiger charge is 2.26. The Morgan fingerprint density at radius 3 is 3.05 bits per heavy atom. The van der Waals surface area contributed by atoms with Crippen molar-refractivity contribution >= 4 is 17.2 Å². The number of thiazole rings is 1. The molecule has 21 heavy (non-hydrogen) atoms. The number of carbonyl (C=O) groups excluding carboxylic acids is 1. The molecule has 1 aliphatic rings. The van der Waals surface area contributed by atoms with Crippen molar-refractivity contribution < 1.29 is 9.53 Å². The van der Waals surface area contributed by atoms with Crippen LogP contribution in [0.15, 0.2) is 35.8 Å². The van der Waals surface area contributed by atoms with Crippen molar-refractivity contribution in [3.63, 3.8) is 0 Å². The first-order chi connectivity index (χ1) is 10.2. The summed E-state index contributed by atoms with van der Waals surface area (Å²) in [6, 6.07) is 7.42. The maximum atomic E-state index is 12.1. The van der Waals surface area contributed by atoms with E-state index in [1.54, 1.807) is 24.4 Å². The van der Waals surface area contributed by atoms with Crippen LogP contribution in [0.1, 0.15) is 23.2 Å². The molecule has 3 rings (SSSR count). The fraction of sp³-hybridized carbons (Fsp3) is 0.333. The Hall–Kier alpha value is -1.92. The van der Waals surface area contributed by atoms with Crippen molar-refractivity contribution in [2.24, 2.45) is 11.7 Å². The minimum Gasteiger partial charge on any atom is -0.431 e. The molecule has 1 aromatic carbocycles. The smallest absolute Gasteiger partial charge is 0.278 e. The lowest BCUT2D eigenvalue weighted by Gasteiger charge is -2.32. The van der Waals surface area contributed by atoms with E-state index in [0.717, 1.165) is 12.8 Å². The summed E-state index contributed by atoms with van der Waals surface area (Å²) in [6.45, 7) is 0.685. The second-order valence-corrected chi connectivity index (χ2v) is 6.09. The fourth-order valence-corrected chi connectivity index (χ4v) is 2.86. The summed E-state index contributed by atoms with van der Waals surface area (Å²) in [7, 11) is 0. The van der Waals surface area contributed by atoms with Crippen LogP contribution < -0.4 is 15.8 Å². The van der Waals surface area contributed by atoms with Gasteiger partial charge in [0, 0.05) is 29.7 Å². The molecular weight excluding hydrogens is 286 g/mol. The third-order valence-electron chi connectivity index (χ3n) is 3.53. The molecule has 1 heterocycles. The first-order valence-electron chi connectivity index (χ1n) is 6.92. The molecule has 3 N–H and O–H groups in total. The van der Waals surface area contributed by atoms with E-state index < -0.39 is 0 Å². The number of nitrogens with two attached hydrogens (primary N) is 1. The first-order valence-corrected chi connectivity index (χ1v) is 7.80. The molecule has 0 saturated heterocycles. The molecule has 0 unspecified atom stereocenters. The monoisotopic (exact) mass is 303 g/mol. The second-order valence-electron chi connectivity index (χ2n) is 5.24. The summed E-state index contributed by atoms with van der Waals surface area (Å²) in [5, 5.41) is 5.35. The van der Waals surface area contributed by atoms with Crippen LogP contribution in [0.25, 0.3) is 0 Å². The summed E-state index contributed by atoms with van der Waals surface area (Å²) >= 11 is 1.41. The number of aromatic nitrogens is 1. The molecule has 6 heteroatoms. The lowest BCUT2D eigenvalue weighted by molar-refractivity contribution is 0.0935. The van der Waals surface area contributed by atoms with Gasteiger partial charge in [0.05, 0.1) is 0 Å². The summed E-state index contributed by atoms with van der Waals surface area (Å²) < 4.78 is 5.59. The lowest BCUT2D eigenvalue weighted by Crippen LogP contribution is -2.42. The van der Waals surface area contributed by atoms with Gasteiger partial charge < -0.3 is 15.8 Å². The van der Waals surface area contributed by atoms with Crippen molar-refractivity contribution in [1.29, 1.82) is 0 Å². The second kappa shape index (κ2) is 6.24. The molecule has 5 nitrogen and oxygen atoms in total. The highest BCUT2D eigenvalue weighted by molar-refractivity contribution is 7.11. The van der Waals surface area contributed by atoms with E-state index in [0.29, 0.717) is 35.0 Å². The zero-order chi connectivity index (χ0) is 14.7. The van der Waals surface area contributed by atoms with E-state index >= 15 is 0 Å². The molecule has 2 aromatic rings. The van der Waals surface area contributed by atoms with E-state index in [1.807, 2.05) is 11.4 Å². The van der Waals surface area contributed by atoms with Crippen molar-refractivity contribution in [2.75, 3.05) is 6.54 Å². The molecule has 110 valence electrons. The molecule has 0 aliphatic heterocycles. The van der Waals surface area contributed by atoms with E-state index in [4.69, 9.17) is 10.5 Å². The van der Waals surface area contributed by atoms with Crippen molar-refractivity contribution in [3.8, 4) is 10.9 Å². The van der Waals surface area contributed by atoms with Gasteiger partial charge in [-0.25, -0.2) is 4.98 Å². The Morgan fingerprint density at radius 2 is 2.33 bits per heavy atom. The summed E-state index contributed by atoms with van der Waals surface area (Å²) in [6.07, 6.45) is 3.67. The van der Waals surface area contributed by atoms with Gasteiger partial charge in [0.1, 0.15) is 5.75 Å². The molecule has 0 bridgehead atoms. The maximum absolute atomic E-state index is 12.1. The number of ether oxygens (including phenoxy) is 1. The van der Waals surface area contributed by atoms with Crippen molar-refractivity contribution in [2.45, 2.75) is 18.9 Å². The van der Waals surface area contributed by atoms with Gasteiger partial charge in [-0.15, -0.1) is 0 Å². The minimum atomic E-state index is -0.0833. The number of nitrogens with one attached hydrogen (secondary N) is 1. The molecule has 1 amide bonds. The van der Waals surface area contributed by atoms with Crippen molar-refractivity contribution in [3.05, 3.63) is 41.4 Å². The summed E-state index contributed by atoms with van der Waals surface area (Å²) in [5.74, 6) is 1.04. The van der Waals surface area contributed by atoms with Gasteiger partial charge in [-0.2, -0.15) is 0 Å². The van der Waals surface area contributed by atoms with Gasteiger partial charge in [-0.3, -0.25) is 4.79 Å². The van der Waals surface area contributed by atoms with E-state index in [2.05, 4.69) is 10.3 Å². The van der Waals surface area contributed by atoms with Gasteiger partial charge in [0.2, 0.25) is 0 Å². The van der Waals surface area contributed by atoms with E-state index in [-0.39, 0.29) is 5.91 Å². The quantitative estimate of drug-likeness (QED) is 0.889. The zero-order valence-corrected chi connectivity index (χ0v) is 12.3. The molecule has 0 radical (unpaired) electrons. The third-order valence-corrected chi connectivity index (χ3v) is 4.18. The number of amides is 1. The molecule has 1 aromatic heterocycles. The third kappa shape index (κ3) is 3.59. The van der Waals surface area contributed by atoms with Crippen LogP contribution in [0.3, 0.4) is 0 Å². The average molecular weight is 303 g/mol. The number of nitrogens with zero attached hydrogens (tertiary/aromatic N) is 1. The van der Waals surface area contributed by atoms with E-state index in [9.17, 15) is 4.79 Å². The van der Waals surface area contributed by atoms with E-state index in [1.165, 1.54) is 11.3 Å². The number of carbonyl (C=O) groups is 1. The normalized spacial score (nSPS) is 20.6. The Kier molecular flexibility index (Phi) is 4.17. The average Bonchev–Trinajstić information content (AvgIpc) is 2.95. The molecule has 1 fully saturated rings. The largest absolute Gasteiger partial charge is 0.431 e. The van der Waals surface area contributed by atoms with Gasteiger partial charge in [-0.05, 0) is 37.0 Å². The number of rotatable bonds is 5. The predicted octanol–water partition coefficient (Wildman–Crippen LogP) is 2.40. The van der Waals surface area contributed by atoms with Crippen LogP contribution in [-0.2, 0) is 0 Å². The van der Waals surface area contributed by atoms with Crippen LogP contribution in [-0.4, -0.2) is 23.5 Å². The number of hydrogen-bond donors (Lipinski definition) is 2. The maximum Gasteiger partial charge on any atom is 0.278 e. The Balaban J connectivity index is 1.58. The van der Waals surface area contributed by atoms with Gasteiger partial charge in [0.25, 0.3) is 11.1 Å². The number of benzene rings is 1.